The number of esters is 2. The molecule has 296 valence electrons. The number of hydrogen-bond donors (Lipinski definition) is 1. The fourth-order valence-electron chi connectivity index (χ4n) is 6.67. The molecule has 0 saturated carbocycles. The van der Waals surface area contributed by atoms with Crippen LogP contribution >= 0.6 is 0 Å². The molecule has 0 rings (SSSR count). The van der Waals surface area contributed by atoms with Crippen LogP contribution in [0.3, 0.4) is 0 Å². The number of carbonyl (C=O) groups excluding carboxylic acids is 2. The second-order valence-electron chi connectivity index (χ2n) is 15.1. The SMILES string of the molecule is CCCCCCCC/C=C\CCCCCCCC(=O)OC(CO)COC(=O)CCCCCCCCCCCCCCCCCCCCCCC. The molecule has 5 heteroatoms. The number of carbonyl (C=O) groups is 2. The summed E-state index contributed by atoms with van der Waals surface area (Å²) in [5.41, 5.74) is 0. The van der Waals surface area contributed by atoms with Gasteiger partial charge in [-0.05, 0) is 38.5 Å². The van der Waals surface area contributed by atoms with E-state index in [0.717, 1.165) is 38.5 Å². The molecule has 0 radical (unpaired) electrons. The van der Waals surface area contributed by atoms with Gasteiger partial charge in [-0.2, -0.15) is 0 Å². The first-order chi connectivity index (χ1) is 24.6. The van der Waals surface area contributed by atoms with E-state index in [4.69, 9.17) is 9.47 Å². The topological polar surface area (TPSA) is 72.8 Å². The predicted molar refractivity (Wildman–Crippen MR) is 215 cm³/mol. The number of aliphatic hydroxyl groups excluding tert-OH is 1. The van der Waals surface area contributed by atoms with E-state index in [9.17, 15) is 14.7 Å². The van der Waals surface area contributed by atoms with Crippen molar-refractivity contribution in [3.05, 3.63) is 12.2 Å². The van der Waals surface area contributed by atoms with Crippen LogP contribution in [0.1, 0.15) is 245 Å². The van der Waals surface area contributed by atoms with Gasteiger partial charge in [0.05, 0.1) is 6.61 Å². The minimum atomic E-state index is -0.769. The van der Waals surface area contributed by atoms with E-state index in [1.54, 1.807) is 0 Å². The number of unbranched alkanes of at least 4 members (excludes halogenated alkanes) is 31. The Bertz CT molecular complexity index is 720. The van der Waals surface area contributed by atoms with Crippen LogP contribution in [-0.4, -0.2) is 36.4 Å². The van der Waals surface area contributed by atoms with Crippen LogP contribution < -0.4 is 0 Å². The number of hydrogen-bond acceptors (Lipinski definition) is 5. The Balaban J connectivity index is 3.47. The van der Waals surface area contributed by atoms with Crippen molar-refractivity contribution in [2.24, 2.45) is 0 Å². The Kier molecular flexibility index (Phi) is 40.9. The third-order valence-electron chi connectivity index (χ3n) is 10.1. The van der Waals surface area contributed by atoms with Crippen molar-refractivity contribution in [1.82, 2.24) is 0 Å². The van der Waals surface area contributed by atoms with E-state index in [1.807, 2.05) is 0 Å². The second-order valence-corrected chi connectivity index (χ2v) is 15.1. The molecule has 0 aromatic heterocycles. The molecule has 0 aliphatic heterocycles. The lowest BCUT2D eigenvalue weighted by atomic mass is 10.0. The van der Waals surface area contributed by atoms with Gasteiger partial charge in [-0.15, -0.1) is 0 Å². The van der Waals surface area contributed by atoms with Gasteiger partial charge < -0.3 is 14.6 Å². The predicted octanol–water partition coefficient (Wildman–Crippen LogP) is 14.1. The molecule has 0 aliphatic carbocycles. The van der Waals surface area contributed by atoms with Crippen LogP contribution in [0.15, 0.2) is 12.2 Å². The Hall–Kier alpha value is -1.36. The summed E-state index contributed by atoms with van der Waals surface area (Å²) in [6.45, 7) is 4.16. The van der Waals surface area contributed by atoms with E-state index < -0.39 is 6.10 Å². The molecule has 0 aromatic rings. The summed E-state index contributed by atoms with van der Waals surface area (Å²) in [6, 6.07) is 0. The number of aliphatic hydroxyl groups is 1. The maximum Gasteiger partial charge on any atom is 0.306 e. The van der Waals surface area contributed by atoms with Gasteiger partial charge >= 0.3 is 11.9 Å². The van der Waals surface area contributed by atoms with Gasteiger partial charge in [-0.1, -0.05) is 206 Å². The lowest BCUT2D eigenvalue weighted by molar-refractivity contribution is -0.161. The molecule has 1 atom stereocenters. The monoisotopic (exact) mass is 707 g/mol. The van der Waals surface area contributed by atoms with Crippen LogP contribution in [0, 0.1) is 0 Å². The van der Waals surface area contributed by atoms with Crippen molar-refractivity contribution in [2.45, 2.75) is 251 Å². The number of ether oxygens (including phenoxy) is 2. The summed E-state index contributed by atoms with van der Waals surface area (Å²) in [5, 5.41) is 9.57. The first kappa shape index (κ1) is 48.6. The zero-order valence-corrected chi connectivity index (χ0v) is 33.7. The highest BCUT2D eigenvalue weighted by Crippen LogP contribution is 2.16. The summed E-state index contributed by atoms with van der Waals surface area (Å²) in [5.74, 6) is -0.586. The molecule has 0 bridgehead atoms. The van der Waals surface area contributed by atoms with Crippen molar-refractivity contribution in [3.63, 3.8) is 0 Å². The standard InChI is InChI=1S/C45H86O5/c1-3-5-7-9-11-13-15-17-19-20-21-22-23-24-26-27-29-31-33-35-37-39-44(47)49-42-43(41-46)50-45(48)40-38-36-34-32-30-28-25-18-16-14-12-10-8-6-4-2/h18,25,43,46H,3-17,19-24,26-42H2,1-2H3/b25-18-. The fraction of sp³-hybridized carbons (Fsp3) is 0.911. The van der Waals surface area contributed by atoms with Crippen molar-refractivity contribution in [2.75, 3.05) is 13.2 Å². The largest absolute Gasteiger partial charge is 0.462 e. The van der Waals surface area contributed by atoms with Crippen molar-refractivity contribution < 1.29 is 24.2 Å². The average molecular weight is 707 g/mol. The van der Waals surface area contributed by atoms with Crippen LogP contribution in [0.2, 0.25) is 0 Å². The zero-order chi connectivity index (χ0) is 36.4. The molecule has 0 aromatic carbocycles. The highest BCUT2D eigenvalue weighted by Gasteiger charge is 2.16. The zero-order valence-electron chi connectivity index (χ0n) is 33.7. The van der Waals surface area contributed by atoms with E-state index in [1.165, 1.54) is 180 Å². The molecule has 1 unspecified atom stereocenters. The van der Waals surface area contributed by atoms with E-state index in [0.29, 0.717) is 12.8 Å². The molecule has 0 aliphatic rings. The maximum absolute atomic E-state index is 12.2. The summed E-state index contributed by atoms with van der Waals surface area (Å²) < 4.78 is 10.6. The van der Waals surface area contributed by atoms with Gasteiger partial charge in [0.1, 0.15) is 6.61 Å². The smallest absolute Gasteiger partial charge is 0.306 e. The lowest BCUT2D eigenvalue weighted by Crippen LogP contribution is -2.28. The van der Waals surface area contributed by atoms with Gasteiger partial charge in [0.2, 0.25) is 0 Å². The summed E-state index contributed by atoms with van der Waals surface area (Å²) in [4.78, 5) is 24.3. The molecule has 0 heterocycles. The van der Waals surface area contributed by atoms with Gasteiger partial charge in [0.15, 0.2) is 6.10 Å². The third kappa shape index (κ3) is 39.4. The van der Waals surface area contributed by atoms with Crippen LogP contribution in [0.4, 0.5) is 0 Å². The molecule has 1 N–H and O–H groups in total. The van der Waals surface area contributed by atoms with E-state index in [2.05, 4.69) is 26.0 Å². The first-order valence-corrected chi connectivity index (χ1v) is 22.2. The second kappa shape index (κ2) is 42.1. The molecule has 0 saturated heterocycles. The van der Waals surface area contributed by atoms with E-state index >= 15 is 0 Å². The third-order valence-corrected chi connectivity index (χ3v) is 10.1. The van der Waals surface area contributed by atoms with Crippen molar-refractivity contribution in [1.29, 1.82) is 0 Å². The quantitative estimate of drug-likeness (QED) is 0.0389. The van der Waals surface area contributed by atoms with Gasteiger partial charge in [0.25, 0.3) is 0 Å². The molecular formula is C45H86O5. The van der Waals surface area contributed by atoms with E-state index in [-0.39, 0.29) is 25.2 Å². The Morgan fingerprint density at radius 2 is 0.740 bits per heavy atom. The summed E-state index contributed by atoms with van der Waals surface area (Å²) >= 11 is 0. The van der Waals surface area contributed by atoms with Crippen molar-refractivity contribution in [3.8, 4) is 0 Å². The molecule has 0 amide bonds. The fourth-order valence-corrected chi connectivity index (χ4v) is 6.67. The average Bonchev–Trinajstić information content (AvgIpc) is 3.12. The van der Waals surface area contributed by atoms with Crippen molar-refractivity contribution >= 4 is 11.9 Å². The molecular weight excluding hydrogens is 620 g/mol. The molecule has 5 nitrogen and oxygen atoms in total. The number of rotatable bonds is 41. The molecule has 0 fully saturated rings. The minimum absolute atomic E-state index is 0.0628. The van der Waals surface area contributed by atoms with Crippen LogP contribution in [0.5, 0.6) is 0 Å². The molecule has 50 heavy (non-hydrogen) atoms. The highest BCUT2D eigenvalue weighted by molar-refractivity contribution is 5.70. The highest BCUT2D eigenvalue weighted by atomic mass is 16.6. The maximum atomic E-state index is 12.2. The van der Waals surface area contributed by atoms with Crippen LogP contribution in [-0.2, 0) is 19.1 Å². The van der Waals surface area contributed by atoms with Gasteiger partial charge in [0, 0.05) is 12.8 Å². The Morgan fingerprint density at radius 3 is 1.08 bits per heavy atom. The minimum Gasteiger partial charge on any atom is -0.462 e. The summed E-state index contributed by atoms with van der Waals surface area (Å²) in [7, 11) is 0. The Labute approximate surface area is 311 Å². The first-order valence-electron chi connectivity index (χ1n) is 22.2. The molecule has 0 spiro atoms. The van der Waals surface area contributed by atoms with Crippen LogP contribution in [0.25, 0.3) is 0 Å². The number of allylic oxidation sites excluding steroid dienone is 2. The lowest BCUT2D eigenvalue weighted by Gasteiger charge is -2.15. The Morgan fingerprint density at radius 1 is 0.440 bits per heavy atom. The summed E-state index contributed by atoms with van der Waals surface area (Å²) in [6.07, 6.45) is 48.6. The van der Waals surface area contributed by atoms with Gasteiger partial charge in [-0.3, -0.25) is 9.59 Å². The normalized spacial score (nSPS) is 12.1. The van der Waals surface area contributed by atoms with Gasteiger partial charge in [-0.25, -0.2) is 0 Å².